The molecule has 0 saturated carbocycles. The minimum Gasteiger partial charge on any atom is -0.455 e. The highest BCUT2D eigenvalue weighted by Crippen LogP contribution is 2.23. The minimum absolute atomic E-state index is 0.325. The predicted molar refractivity (Wildman–Crippen MR) is 59.2 cm³/mol. The van der Waals surface area contributed by atoms with Gasteiger partial charge in [0, 0.05) is 18.0 Å². The number of fused-ring (bicyclic) bond motifs is 1. The topological polar surface area (TPSA) is 70.1 Å². The molecule has 4 nitrogen and oxygen atoms in total. The fourth-order valence-corrected chi connectivity index (χ4v) is 1.47. The van der Waals surface area contributed by atoms with Crippen LogP contribution in [0.4, 0.5) is 5.69 Å². The Hall–Kier alpha value is -2.23. The lowest BCUT2D eigenvalue weighted by molar-refractivity contribution is 0.104. The van der Waals surface area contributed by atoms with Crippen LogP contribution in [-0.4, -0.2) is 10.9 Å². The molecule has 0 spiro atoms. The van der Waals surface area contributed by atoms with Crippen LogP contribution in [0.2, 0.25) is 0 Å². The SMILES string of the molecule is [CH2+][N-]C(=O)c1c(N)cnc2ccccc12. The molecule has 0 atom stereocenters. The number of amides is 1. The van der Waals surface area contributed by atoms with Gasteiger partial charge in [-0.15, -0.1) is 0 Å². The molecule has 0 aliphatic carbocycles. The van der Waals surface area contributed by atoms with Crippen LogP contribution < -0.4 is 5.73 Å². The molecule has 2 rings (SSSR count). The highest BCUT2D eigenvalue weighted by atomic mass is 16.1. The fraction of sp³-hybridized carbons (Fsp3) is 0. The number of hydrogen-bond donors (Lipinski definition) is 1. The first-order valence-electron chi connectivity index (χ1n) is 4.38. The maximum atomic E-state index is 11.5. The fourth-order valence-electron chi connectivity index (χ4n) is 1.47. The van der Waals surface area contributed by atoms with E-state index in [1.54, 1.807) is 6.07 Å². The predicted octanol–water partition coefficient (Wildman–Crippen LogP) is 2.12. The molecule has 0 saturated heterocycles. The van der Waals surface area contributed by atoms with Crippen molar-refractivity contribution < 1.29 is 4.79 Å². The average molecular weight is 199 g/mol. The number of nitrogens with two attached hydrogens (primary N) is 1. The molecule has 2 N–H and O–H groups in total. The van der Waals surface area contributed by atoms with Crippen LogP contribution in [0, 0.1) is 7.05 Å². The monoisotopic (exact) mass is 199 g/mol. The summed E-state index contributed by atoms with van der Waals surface area (Å²) in [5.41, 5.74) is 7.11. The number of nitrogens with zero attached hydrogens (tertiary/aromatic N) is 2. The Labute approximate surface area is 87.1 Å². The van der Waals surface area contributed by atoms with Crippen LogP contribution in [0.3, 0.4) is 0 Å². The van der Waals surface area contributed by atoms with Crippen molar-refractivity contribution in [1.29, 1.82) is 0 Å². The van der Waals surface area contributed by atoms with Crippen molar-refractivity contribution in [2.24, 2.45) is 0 Å². The molecule has 0 aliphatic heterocycles. The average Bonchev–Trinajstić information content (AvgIpc) is 2.28. The Balaban J connectivity index is 2.79. The number of pyridine rings is 1. The summed E-state index contributed by atoms with van der Waals surface area (Å²) in [5.74, 6) is -0.425. The van der Waals surface area contributed by atoms with E-state index in [2.05, 4.69) is 17.3 Å². The van der Waals surface area contributed by atoms with Crippen molar-refractivity contribution in [3.63, 3.8) is 0 Å². The molecule has 0 fully saturated rings. The smallest absolute Gasteiger partial charge is 0.120 e. The third-order valence-electron chi connectivity index (χ3n) is 2.16. The normalized spacial score (nSPS) is 10.1. The van der Waals surface area contributed by atoms with Gasteiger partial charge < -0.3 is 15.8 Å². The molecule has 0 bridgehead atoms. The maximum absolute atomic E-state index is 11.5. The maximum Gasteiger partial charge on any atom is 0.120 e. The van der Waals surface area contributed by atoms with Gasteiger partial charge in [0.05, 0.1) is 17.4 Å². The number of carbonyl (C=O) groups excluding carboxylic acids is 1. The number of rotatable bonds is 1. The number of nitrogen functional groups attached to an aromatic ring is 1. The molecule has 4 heteroatoms. The second kappa shape index (κ2) is 3.49. The van der Waals surface area contributed by atoms with Gasteiger partial charge in [-0.1, -0.05) is 18.2 Å². The second-order valence-electron chi connectivity index (χ2n) is 3.07. The van der Waals surface area contributed by atoms with Crippen molar-refractivity contribution in [1.82, 2.24) is 4.98 Å². The van der Waals surface area contributed by atoms with Gasteiger partial charge in [-0.05, 0) is 6.07 Å². The van der Waals surface area contributed by atoms with Gasteiger partial charge in [-0.2, -0.15) is 0 Å². The van der Waals surface area contributed by atoms with Crippen molar-refractivity contribution in [3.05, 3.63) is 48.4 Å². The number of aromatic nitrogens is 1. The zero-order chi connectivity index (χ0) is 10.8. The van der Waals surface area contributed by atoms with E-state index in [1.165, 1.54) is 6.20 Å². The van der Waals surface area contributed by atoms with Gasteiger partial charge in [0.2, 0.25) is 0 Å². The van der Waals surface area contributed by atoms with E-state index in [0.717, 1.165) is 5.52 Å². The van der Waals surface area contributed by atoms with E-state index in [-0.39, 0.29) is 0 Å². The molecule has 0 unspecified atom stereocenters. The summed E-state index contributed by atoms with van der Waals surface area (Å²) in [4.78, 5) is 15.6. The first-order chi connectivity index (χ1) is 7.24. The number of anilines is 1. The molecule has 1 aromatic carbocycles. The van der Waals surface area contributed by atoms with E-state index in [0.29, 0.717) is 16.6 Å². The van der Waals surface area contributed by atoms with Crippen LogP contribution in [0.5, 0.6) is 0 Å². The van der Waals surface area contributed by atoms with Crippen LogP contribution in [0.1, 0.15) is 10.4 Å². The Morgan fingerprint density at radius 1 is 1.40 bits per heavy atom. The van der Waals surface area contributed by atoms with Crippen LogP contribution in [0.15, 0.2) is 30.5 Å². The Morgan fingerprint density at radius 2 is 2.13 bits per heavy atom. The molecular weight excluding hydrogens is 190 g/mol. The molecule has 74 valence electrons. The molecule has 1 heterocycles. The minimum atomic E-state index is -0.425. The van der Waals surface area contributed by atoms with Crippen molar-refractivity contribution in [2.75, 3.05) is 5.73 Å². The van der Waals surface area contributed by atoms with E-state index >= 15 is 0 Å². The van der Waals surface area contributed by atoms with Crippen molar-refractivity contribution in [2.45, 2.75) is 0 Å². The lowest BCUT2D eigenvalue weighted by Crippen LogP contribution is -2.03. The summed E-state index contributed by atoms with van der Waals surface area (Å²) in [5, 5.41) is 4.08. The van der Waals surface area contributed by atoms with Gasteiger partial charge in [0.1, 0.15) is 5.91 Å². The van der Waals surface area contributed by atoms with E-state index in [4.69, 9.17) is 5.73 Å². The summed E-state index contributed by atoms with van der Waals surface area (Å²) in [6.45, 7) is 0. The zero-order valence-corrected chi connectivity index (χ0v) is 7.97. The van der Waals surface area contributed by atoms with E-state index < -0.39 is 5.91 Å². The molecule has 2 aromatic rings. The Kier molecular flexibility index (Phi) is 2.17. The summed E-state index contributed by atoms with van der Waals surface area (Å²) in [6.07, 6.45) is 1.46. The van der Waals surface area contributed by atoms with Crippen LogP contribution in [0.25, 0.3) is 16.2 Å². The number of carbonyl (C=O) groups is 1. The van der Waals surface area contributed by atoms with Gasteiger partial charge in [-0.25, -0.2) is 0 Å². The largest absolute Gasteiger partial charge is 0.455 e. The highest BCUT2D eigenvalue weighted by molar-refractivity contribution is 6.16. The molecule has 0 aliphatic rings. The van der Waals surface area contributed by atoms with E-state index in [9.17, 15) is 4.79 Å². The van der Waals surface area contributed by atoms with Gasteiger partial charge in [0.15, 0.2) is 0 Å². The Morgan fingerprint density at radius 3 is 2.87 bits per heavy atom. The molecule has 0 radical (unpaired) electrons. The quantitative estimate of drug-likeness (QED) is 0.715. The second-order valence-corrected chi connectivity index (χ2v) is 3.07. The van der Waals surface area contributed by atoms with Crippen LogP contribution in [-0.2, 0) is 0 Å². The van der Waals surface area contributed by atoms with Gasteiger partial charge in [0.25, 0.3) is 0 Å². The lowest BCUT2D eigenvalue weighted by atomic mass is 10.1. The number of benzene rings is 1. The summed E-state index contributed by atoms with van der Waals surface area (Å²) < 4.78 is 0. The van der Waals surface area contributed by atoms with E-state index in [1.807, 2.05) is 18.2 Å². The Bertz CT molecular complexity index is 522. The lowest BCUT2D eigenvalue weighted by Gasteiger charge is -2.11. The zero-order valence-electron chi connectivity index (χ0n) is 7.97. The highest BCUT2D eigenvalue weighted by Gasteiger charge is 2.08. The molecular formula is C11H9N3O. The van der Waals surface area contributed by atoms with Gasteiger partial charge in [-0.3, -0.25) is 4.98 Å². The molecule has 1 aromatic heterocycles. The third kappa shape index (κ3) is 1.46. The van der Waals surface area contributed by atoms with Crippen molar-refractivity contribution in [3.8, 4) is 0 Å². The van der Waals surface area contributed by atoms with Crippen LogP contribution >= 0.6 is 0 Å². The third-order valence-corrected chi connectivity index (χ3v) is 2.16. The summed E-state index contributed by atoms with van der Waals surface area (Å²) in [7, 11) is 3.21. The first-order valence-corrected chi connectivity index (χ1v) is 4.38. The molecule has 15 heavy (non-hydrogen) atoms. The number of hydrogen-bond acceptors (Lipinski definition) is 3. The van der Waals surface area contributed by atoms with Crippen molar-refractivity contribution >= 4 is 22.5 Å². The molecule has 1 amide bonds. The number of para-hydroxylation sites is 1. The standard InChI is InChI=1S/C11H9N3O/c1-13-11(15)10-7-4-2-3-5-9(7)14-6-8(10)12/h2-6H,1H2,(H2-,12,13,15). The summed E-state index contributed by atoms with van der Waals surface area (Å²) >= 11 is 0. The summed E-state index contributed by atoms with van der Waals surface area (Å²) in [6, 6.07) is 7.27. The van der Waals surface area contributed by atoms with Gasteiger partial charge >= 0.3 is 0 Å². The first kappa shape index (κ1) is 9.33.